The standard InChI is InChI=1S/C19H23NO/c1-20-14-12-19(21,13-15-20)18(16-8-4-2-5-9-16)17-10-6-3-7-11-17/h2-11,18,21H,12-15H2,1H3. The van der Waals surface area contributed by atoms with Crippen LogP contribution in [0, 0.1) is 0 Å². The van der Waals surface area contributed by atoms with Crippen molar-refractivity contribution in [3.63, 3.8) is 0 Å². The molecule has 0 aliphatic carbocycles. The number of aliphatic hydroxyl groups is 1. The molecule has 0 atom stereocenters. The van der Waals surface area contributed by atoms with Crippen LogP contribution in [0.1, 0.15) is 29.9 Å². The first-order valence-corrected chi connectivity index (χ1v) is 7.70. The third-order valence-corrected chi connectivity index (χ3v) is 4.66. The summed E-state index contributed by atoms with van der Waals surface area (Å²) < 4.78 is 0. The molecule has 2 aromatic rings. The molecule has 0 bridgehead atoms. The fraction of sp³-hybridized carbons (Fsp3) is 0.368. The highest BCUT2D eigenvalue weighted by molar-refractivity contribution is 5.36. The largest absolute Gasteiger partial charge is 0.389 e. The van der Waals surface area contributed by atoms with Gasteiger partial charge in [-0.1, -0.05) is 60.7 Å². The molecule has 2 aromatic carbocycles. The van der Waals surface area contributed by atoms with Crippen molar-refractivity contribution >= 4 is 0 Å². The highest BCUT2D eigenvalue weighted by atomic mass is 16.3. The lowest BCUT2D eigenvalue weighted by Crippen LogP contribution is -2.47. The minimum atomic E-state index is -0.658. The third-order valence-electron chi connectivity index (χ3n) is 4.66. The molecule has 0 saturated carbocycles. The van der Waals surface area contributed by atoms with Gasteiger partial charge in [-0.2, -0.15) is 0 Å². The lowest BCUT2D eigenvalue weighted by molar-refractivity contribution is -0.0288. The number of rotatable bonds is 3. The normalized spacial score (nSPS) is 18.8. The Morgan fingerprint density at radius 1 is 0.857 bits per heavy atom. The van der Waals surface area contributed by atoms with E-state index in [1.807, 2.05) is 12.1 Å². The smallest absolute Gasteiger partial charge is 0.0780 e. The van der Waals surface area contributed by atoms with Crippen molar-refractivity contribution in [2.45, 2.75) is 24.4 Å². The Bertz CT molecular complexity index is 519. The molecule has 1 aliphatic rings. The highest BCUT2D eigenvalue weighted by Crippen LogP contribution is 2.41. The Hall–Kier alpha value is -1.64. The minimum Gasteiger partial charge on any atom is -0.389 e. The van der Waals surface area contributed by atoms with Gasteiger partial charge >= 0.3 is 0 Å². The van der Waals surface area contributed by atoms with Crippen LogP contribution in [0.4, 0.5) is 0 Å². The van der Waals surface area contributed by atoms with Gasteiger partial charge in [-0.25, -0.2) is 0 Å². The van der Waals surface area contributed by atoms with Gasteiger partial charge in [-0.15, -0.1) is 0 Å². The van der Waals surface area contributed by atoms with E-state index in [1.54, 1.807) is 0 Å². The zero-order chi connectivity index (χ0) is 14.7. The van der Waals surface area contributed by atoms with Gasteiger partial charge in [-0.3, -0.25) is 0 Å². The van der Waals surface area contributed by atoms with Gasteiger partial charge < -0.3 is 10.0 Å². The van der Waals surface area contributed by atoms with Crippen LogP contribution in [0.5, 0.6) is 0 Å². The van der Waals surface area contributed by atoms with E-state index in [0.717, 1.165) is 25.9 Å². The van der Waals surface area contributed by atoms with E-state index in [1.165, 1.54) is 11.1 Å². The minimum absolute atomic E-state index is 0.0496. The zero-order valence-electron chi connectivity index (χ0n) is 12.6. The molecule has 1 saturated heterocycles. The molecule has 0 amide bonds. The molecule has 1 heterocycles. The van der Waals surface area contributed by atoms with Crippen molar-refractivity contribution in [1.29, 1.82) is 0 Å². The maximum absolute atomic E-state index is 11.3. The third kappa shape index (κ3) is 3.02. The van der Waals surface area contributed by atoms with E-state index >= 15 is 0 Å². The van der Waals surface area contributed by atoms with Crippen LogP contribution >= 0.6 is 0 Å². The Labute approximate surface area is 127 Å². The van der Waals surface area contributed by atoms with Crippen LogP contribution in [0.25, 0.3) is 0 Å². The van der Waals surface area contributed by atoms with E-state index in [2.05, 4.69) is 60.5 Å². The first kappa shape index (κ1) is 14.3. The summed E-state index contributed by atoms with van der Waals surface area (Å²) in [7, 11) is 2.12. The Morgan fingerprint density at radius 3 is 1.71 bits per heavy atom. The Morgan fingerprint density at radius 2 is 1.29 bits per heavy atom. The number of hydrogen-bond donors (Lipinski definition) is 1. The summed E-state index contributed by atoms with van der Waals surface area (Å²) in [6, 6.07) is 20.8. The summed E-state index contributed by atoms with van der Waals surface area (Å²) in [6.45, 7) is 1.90. The van der Waals surface area contributed by atoms with E-state index < -0.39 is 5.60 Å². The lowest BCUT2D eigenvalue weighted by atomic mass is 9.72. The topological polar surface area (TPSA) is 23.5 Å². The van der Waals surface area contributed by atoms with Gasteiger partial charge in [0.05, 0.1) is 5.60 Å². The molecule has 0 spiro atoms. The van der Waals surface area contributed by atoms with Gasteiger partial charge in [0.25, 0.3) is 0 Å². The molecule has 2 nitrogen and oxygen atoms in total. The van der Waals surface area contributed by atoms with Crippen molar-refractivity contribution < 1.29 is 5.11 Å². The molecule has 1 fully saturated rings. The van der Waals surface area contributed by atoms with Crippen molar-refractivity contribution in [3.05, 3.63) is 71.8 Å². The van der Waals surface area contributed by atoms with E-state index in [-0.39, 0.29) is 5.92 Å². The molecule has 0 aromatic heterocycles. The molecule has 21 heavy (non-hydrogen) atoms. The van der Waals surface area contributed by atoms with Crippen molar-refractivity contribution in [2.75, 3.05) is 20.1 Å². The first-order valence-electron chi connectivity index (χ1n) is 7.70. The van der Waals surface area contributed by atoms with Crippen LogP contribution in [0.3, 0.4) is 0 Å². The molecule has 2 heteroatoms. The van der Waals surface area contributed by atoms with E-state index in [0.29, 0.717) is 0 Å². The number of benzene rings is 2. The Kier molecular flexibility index (Phi) is 4.09. The van der Waals surface area contributed by atoms with Crippen molar-refractivity contribution in [3.8, 4) is 0 Å². The van der Waals surface area contributed by atoms with Gasteiger partial charge in [0.2, 0.25) is 0 Å². The second-order valence-electron chi connectivity index (χ2n) is 6.16. The molecule has 1 N–H and O–H groups in total. The summed E-state index contributed by atoms with van der Waals surface area (Å²) in [6.07, 6.45) is 1.63. The molecule has 3 rings (SSSR count). The summed E-state index contributed by atoms with van der Waals surface area (Å²) in [5.41, 5.74) is 1.75. The average Bonchev–Trinajstić information content (AvgIpc) is 2.53. The molecular formula is C19H23NO. The fourth-order valence-corrected chi connectivity index (χ4v) is 3.40. The monoisotopic (exact) mass is 281 g/mol. The van der Waals surface area contributed by atoms with E-state index in [4.69, 9.17) is 0 Å². The van der Waals surface area contributed by atoms with E-state index in [9.17, 15) is 5.11 Å². The van der Waals surface area contributed by atoms with Crippen LogP contribution in [0.2, 0.25) is 0 Å². The van der Waals surface area contributed by atoms with Gasteiger partial charge in [-0.05, 0) is 31.0 Å². The average molecular weight is 281 g/mol. The molecule has 1 aliphatic heterocycles. The maximum Gasteiger partial charge on any atom is 0.0780 e. The molecule has 110 valence electrons. The second-order valence-corrected chi connectivity index (χ2v) is 6.16. The maximum atomic E-state index is 11.3. The van der Waals surface area contributed by atoms with Gasteiger partial charge in [0, 0.05) is 19.0 Å². The predicted molar refractivity (Wildman–Crippen MR) is 86.4 cm³/mol. The first-order chi connectivity index (χ1) is 10.2. The highest BCUT2D eigenvalue weighted by Gasteiger charge is 2.40. The van der Waals surface area contributed by atoms with Crippen LogP contribution in [-0.2, 0) is 0 Å². The van der Waals surface area contributed by atoms with Crippen LogP contribution < -0.4 is 0 Å². The number of hydrogen-bond acceptors (Lipinski definition) is 2. The van der Waals surface area contributed by atoms with Crippen LogP contribution in [0.15, 0.2) is 60.7 Å². The summed E-state index contributed by atoms with van der Waals surface area (Å²) in [5, 5.41) is 11.3. The SMILES string of the molecule is CN1CCC(O)(C(c2ccccc2)c2ccccc2)CC1. The van der Waals surface area contributed by atoms with Gasteiger partial charge in [0.1, 0.15) is 0 Å². The second kappa shape index (κ2) is 6.00. The number of nitrogens with zero attached hydrogens (tertiary/aromatic N) is 1. The number of piperidine rings is 1. The number of likely N-dealkylation sites (tertiary alicyclic amines) is 1. The molecular weight excluding hydrogens is 258 g/mol. The molecule has 0 radical (unpaired) electrons. The summed E-state index contributed by atoms with van der Waals surface area (Å²) in [4.78, 5) is 2.29. The summed E-state index contributed by atoms with van der Waals surface area (Å²) in [5.74, 6) is 0.0496. The van der Waals surface area contributed by atoms with Crippen molar-refractivity contribution in [1.82, 2.24) is 4.90 Å². The van der Waals surface area contributed by atoms with Gasteiger partial charge in [0.15, 0.2) is 0 Å². The molecule has 0 unspecified atom stereocenters. The zero-order valence-corrected chi connectivity index (χ0v) is 12.6. The summed E-state index contributed by atoms with van der Waals surface area (Å²) >= 11 is 0. The lowest BCUT2D eigenvalue weighted by Gasteiger charge is -2.42. The quantitative estimate of drug-likeness (QED) is 0.933. The predicted octanol–water partition coefficient (Wildman–Crippen LogP) is 3.28. The Balaban J connectivity index is 2.01. The van der Waals surface area contributed by atoms with Crippen molar-refractivity contribution in [2.24, 2.45) is 0 Å². The van der Waals surface area contributed by atoms with Crippen LogP contribution in [-0.4, -0.2) is 35.7 Å². The fourth-order valence-electron chi connectivity index (χ4n) is 3.40.